The SMILES string of the molecule is CCCCCCC(C)OCc1ccnc(C(=N)N)c1. The molecule has 1 aromatic rings. The average molecular weight is 263 g/mol. The number of aromatic nitrogens is 1. The summed E-state index contributed by atoms with van der Waals surface area (Å²) >= 11 is 0. The molecule has 0 spiro atoms. The number of unbranched alkanes of at least 4 members (excludes halogenated alkanes) is 3. The minimum atomic E-state index is -0.00513. The van der Waals surface area contributed by atoms with Gasteiger partial charge in [-0.3, -0.25) is 10.4 Å². The molecule has 0 aliphatic heterocycles. The molecule has 4 heteroatoms. The molecular formula is C15H25N3O. The van der Waals surface area contributed by atoms with Gasteiger partial charge in [0, 0.05) is 6.20 Å². The zero-order valence-corrected chi connectivity index (χ0v) is 12.0. The van der Waals surface area contributed by atoms with E-state index in [2.05, 4.69) is 18.8 Å². The highest BCUT2D eigenvalue weighted by Gasteiger charge is 2.04. The van der Waals surface area contributed by atoms with Crippen molar-refractivity contribution >= 4 is 5.84 Å². The highest BCUT2D eigenvalue weighted by molar-refractivity contribution is 5.93. The first kappa shape index (κ1) is 15.6. The van der Waals surface area contributed by atoms with Crippen LogP contribution in [0.3, 0.4) is 0 Å². The van der Waals surface area contributed by atoms with Crippen LogP contribution in [0.25, 0.3) is 0 Å². The summed E-state index contributed by atoms with van der Waals surface area (Å²) in [5.74, 6) is -0.00513. The maximum absolute atomic E-state index is 7.35. The predicted molar refractivity (Wildman–Crippen MR) is 78.3 cm³/mol. The summed E-state index contributed by atoms with van der Waals surface area (Å²) in [5, 5.41) is 7.35. The number of nitrogens with one attached hydrogen (secondary N) is 1. The molecule has 1 atom stereocenters. The van der Waals surface area contributed by atoms with Crippen molar-refractivity contribution in [1.29, 1.82) is 5.41 Å². The Morgan fingerprint density at radius 3 is 2.89 bits per heavy atom. The smallest absolute Gasteiger partial charge is 0.141 e. The predicted octanol–water partition coefficient (Wildman–Crippen LogP) is 3.24. The monoisotopic (exact) mass is 263 g/mol. The number of hydrogen-bond acceptors (Lipinski definition) is 3. The van der Waals surface area contributed by atoms with Crippen molar-refractivity contribution in [3.05, 3.63) is 29.6 Å². The lowest BCUT2D eigenvalue weighted by Crippen LogP contribution is -2.14. The number of amidine groups is 1. The van der Waals surface area contributed by atoms with Gasteiger partial charge in [-0.15, -0.1) is 0 Å². The lowest BCUT2D eigenvalue weighted by molar-refractivity contribution is 0.0458. The minimum Gasteiger partial charge on any atom is -0.382 e. The standard InChI is InChI=1S/C15H25N3O/c1-3-4-5-6-7-12(2)19-11-13-8-9-18-14(10-13)15(16)17/h8-10,12H,3-7,11H2,1-2H3,(H3,16,17). The van der Waals surface area contributed by atoms with E-state index in [1.54, 1.807) is 6.20 Å². The summed E-state index contributed by atoms with van der Waals surface area (Å²) in [6.45, 7) is 4.88. The van der Waals surface area contributed by atoms with Gasteiger partial charge in [-0.25, -0.2) is 0 Å². The van der Waals surface area contributed by atoms with E-state index in [1.807, 2.05) is 12.1 Å². The number of ether oxygens (including phenoxy) is 1. The van der Waals surface area contributed by atoms with Crippen molar-refractivity contribution in [3.8, 4) is 0 Å². The molecule has 0 radical (unpaired) electrons. The fourth-order valence-electron chi connectivity index (χ4n) is 1.89. The third kappa shape index (κ3) is 6.34. The fourth-order valence-corrected chi connectivity index (χ4v) is 1.89. The minimum absolute atomic E-state index is 0.00513. The van der Waals surface area contributed by atoms with E-state index in [1.165, 1.54) is 25.7 Å². The van der Waals surface area contributed by atoms with Crippen molar-refractivity contribution < 1.29 is 4.74 Å². The second-order valence-corrected chi connectivity index (χ2v) is 4.93. The van der Waals surface area contributed by atoms with E-state index < -0.39 is 0 Å². The third-order valence-corrected chi connectivity index (χ3v) is 3.10. The van der Waals surface area contributed by atoms with Crippen LogP contribution >= 0.6 is 0 Å². The maximum atomic E-state index is 7.35. The molecule has 0 saturated heterocycles. The number of hydrogen-bond donors (Lipinski definition) is 2. The fraction of sp³-hybridized carbons (Fsp3) is 0.600. The van der Waals surface area contributed by atoms with Crippen molar-refractivity contribution in [3.63, 3.8) is 0 Å². The van der Waals surface area contributed by atoms with Gasteiger partial charge in [0.1, 0.15) is 11.5 Å². The zero-order valence-electron chi connectivity index (χ0n) is 12.0. The first-order valence-electron chi connectivity index (χ1n) is 7.04. The van der Waals surface area contributed by atoms with Crippen molar-refractivity contribution in [2.45, 2.75) is 58.7 Å². The van der Waals surface area contributed by atoms with Gasteiger partial charge in [-0.2, -0.15) is 0 Å². The van der Waals surface area contributed by atoms with Crippen LogP contribution in [0.2, 0.25) is 0 Å². The highest BCUT2D eigenvalue weighted by atomic mass is 16.5. The second-order valence-electron chi connectivity index (χ2n) is 4.93. The van der Waals surface area contributed by atoms with Crippen LogP contribution in [-0.4, -0.2) is 16.9 Å². The number of rotatable bonds is 9. The van der Waals surface area contributed by atoms with E-state index in [0.717, 1.165) is 12.0 Å². The van der Waals surface area contributed by atoms with Crippen LogP contribution in [0, 0.1) is 5.41 Å². The quantitative estimate of drug-likeness (QED) is 0.408. The van der Waals surface area contributed by atoms with Crippen LogP contribution < -0.4 is 5.73 Å². The summed E-state index contributed by atoms with van der Waals surface area (Å²) in [6, 6.07) is 3.71. The van der Waals surface area contributed by atoms with Crippen molar-refractivity contribution in [2.75, 3.05) is 0 Å². The van der Waals surface area contributed by atoms with Crippen LogP contribution in [0.4, 0.5) is 0 Å². The Labute approximate surface area is 115 Å². The first-order chi connectivity index (χ1) is 9.13. The first-order valence-corrected chi connectivity index (χ1v) is 7.04. The van der Waals surface area contributed by atoms with Crippen LogP contribution in [-0.2, 0) is 11.3 Å². The molecule has 0 fully saturated rings. The summed E-state index contributed by atoms with van der Waals surface area (Å²) in [6.07, 6.45) is 8.12. The summed E-state index contributed by atoms with van der Waals surface area (Å²) < 4.78 is 5.80. The van der Waals surface area contributed by atoms with Gasteiger partial charge in [-0.1, -0.05) is 32.6 Å². The lowest BCUT2D eigenvalue weighted by Gasteiger charge is -2.13. The van der Waals surface area contributed by atoms with Gasteiger partial charge in [0.05, 0.1) is 12.7 Å². The third-order valence-electron chi connectivity index (χ3n) is 3.10. The molecule has 0 aliphatic rings. The molecule has 1 aromatic heterocycles. The molecule has 1 unspecified atom stereocenters. The number of nitrogen functional groups attached to an aromatic ring is 1. The van der Waals surface area contributed by atoms with E-state index in [9.17, 15) is 0 Å². The van der Waals surface area contributed by atoms with E-state index in [4.69, 9.17) is 15.9 Å². The molecule has 0 saturated carbocycles. The number of nitrogens with two attached hydrogens (primary N) is 1. The molecule has 0 amide bonds. The highest BCUT2D eigenvalue weighted by Crippen LogP contribution is 2.11. The molecular weight excluding hydrogens is 238 g/mol. The van der Waals surface area contributed by atoms with Gasteiger partial charge in [0.15, 0.2) is 0 Å². The van der Waals surface area contributed by atoms with Crippen molar-refractivity contribution in [2.24, 2.45) is 5.73 Å². The van der Waals surface area contributed by atoms with Crippen LogP contribution in [0.15, 0.2) is 18.3 Å². The molecule has 4 nitrogen and oxygen atoms in total. The molecule has 1 heterocycles. The number of nitrogens with zero attached hydrogens (tertiary/aromatic N) is 1. The summed E-state index contributed by atoms with van der Waals surface area (Å²) in [4.78, 5) is 4.03. The topological polar surface area (TPSA) is 72.0 Å². The van der Waals surface area contributed by atoms with Gasteiger partial charge in [0.2, 0.25) is 0 Å². The molecule has 0 aliphatic carbocycles. The largest absolute Gasteiger partial charge is 0.382 e. The van der Waals surface area contributed by atoms with E-state index >= 15 is 0 Å². The Morgan fingerprint density at radius 2 is 2.21 bits per heavy atom. The lowest BCUT2D eigenvalue weighted by atomic mass is 10.1. The zero-order chi connectivity index (χ0) is 14.1. The Morgan fingerprint density at radius 1 is 1.42 bits per heavy atom. The Kier molecular flexibility index (Phi) is 7.11. The average Bonchev–Trinajstić information content (AvgIpc) is 2.41. The van der Waals surface area contributed by atoms with Gasteiger partial charge < -0.3 is 10.5 Å². The second kappa shape index (κ2) is 8.64. The van der Waals surface area contributed by atoms with Gasteiger partial charge >= 0.3 is 0 Å². The maximum Gasteiger partial charge on any atom is 0.141 e. The Balaban J connectivity index is 2.31. The van der Waals surface area contributed by atoms with Crippen LogP contribution in [0.1, 0.15) is 57.2 Å². The van der Waals surface area contributed by atoms with Gasteiger partial charge in [0.25, 0.3) is 0 Å². The molecule has 0 aromatic carbocycles. The number of pyridine rings is 1. The van der Waals surface area contributed by atoms with E-state index in [-0.39, 0.29) is 11.9 Å². The molecule has 1 rings (SSSR count). The Hall–Kier alpha value is -1.42. The normalized spacial score (nSPS) is 12.3. The molecule has 19 heavy (non-hydrogen) atoms. The van der Waals surface area contributed by atoms with Gasteiger partial charge in [-0.05, 0) is 31.0 Å². The van der Waals surface area contributed by atoms with Crippen LogP contribution in [0.5, 0.6) is 0 Å². The summed E-state index contributed by atoms with van der Waals surface area (Å²) in [7, 11) is 0. The molecule has 106 valence electrons. The van der Waals surface area contributed by atoms with E-state index in [0.29, 0.717) is 12.3 Å². The van der Waals surface area contributed by atoms with Crippen molar-refractivity contribution in [1.82, 2.24) is 4.98 Å². The molecule has 0 bridgehead atoms. The summed E-state index contributed by atoms with van der Waals surface area (Å²) in [5.41, 5.74) is 6.94. The molecule has 3 N–H and O–H groups in total. The Bertz CT molecular complexity index is 393.